The van der Waals surface area contributed by atoms with E-state index in [4.69, 9.17) is 0 Å². The van der Waals surface area contributed by atoms with E-state index in [1.807, 2.05) is 11.8 Å². The standard InChI is InChI=1S/C12H25NS/c1-9-5-6-11(7-10(9)2)12(13-3)8-14-4/h9-13H,5-8H2,1-4H3. The molecule has 1 rings (SSSR count). The molecule has 0 aromatic heterocycles. The molecular formula is C12H25NS. The van der Waals surface area contributed by atoms with Crippen LogP contribution in [0, 0.1) is 17.8 Å². The molecule has 0 spiro atoms. The molecule has 0 aromatic rings. The van der Waals surface area contributed by atoms with Crippen molar-refractivity contribution in [1.29, 1.82) is 0 Å². The summed E-state index contributed by atoms with van der Waals surface area (Å²) in [6.07, 6.45) is 6.49. The lowest BCUT2D eigenvalue weighted by atomic mass is 9.73. The Kier molecular flexibility index (Phi) is 5.32. The first kappa shape index (κ1) is 12.4. The Balaban J connectivity index is 2.43. The van der Waals surface area contributed by atoms with Crippen molar-refractivity contribution >= 4 is 11.8 Å². The van der Waals surface area contributed by atoms with E-state index in [-0.39, 0.29) is 0 Å². The van der Waals surface area contributed by atoms with Gasteiger partial charge in [0.1, 0.15) is 0 Å². The summed E-state index contributed by atoms with van der Waals surface area (Å²) in [5.41, 5.74) is 0. The Bertz CT molecular complexity index is 160. The molecule has 1 aliphatic carbocycles. The van der Waals surface area contributed by atoms with Gasteiger partial charge in [0.2, 0.25) is 0 Å². The first-order valence-electron chi connectivity index (χ1n) is 5.85. The van der Waals surface area contributed by atoms with Gasteiger partial charge in [-0.1, -0.05) is 20.3 Å². The van der Waals surface area contributed by atoms with Crippen LogP contribution in [0.3, 0.4) is 0 Å². The van der Waals surface area contributed by atoms with E-state index in [1.54, 1.807) is 0 Å². The van der Waals surface area contributed by atoms with Crippen molar-refractivity contribution in [3.05, 3.63) is 0 Å². The maximum Gasteiger partial charge on any atom is 0.0183 e. The molecule has 1 nitrogen and oxygen atoms in total. The molecule has 1 saturated carbocycles. The number of rotatable bonds is 4. The molecule has 0 aromatic carbocycles. The number of hydrogen-bond donors (Lipinski definition) is 1. The summed E-state index contributed by atoms with van der Waals surface area (Å²) < 4.78 is 0. The van der Waals surface area contributed by atoms with Crippen LogP contribution in [0.4, 0.5) is 0 Å². The van der Waals surface area contributed by atoms with Crippen LogP contribution >= 0.6 is 11.8 Å². The zero-order valence-electron chi connectivity index (χ0n) is 10.0. The molecule has 4 atom stereocenters. The topological polar surface area (TPSA) is 12.0 Å². The van der Waals surface area contributed by atoms with Gasteiger partial charge in [0.15, 0.2) is 0 Å². The molecule has 0 aliphatic heterocycles. The van der Waals surface area contributed by atoms with Crippen molar-refractivity contribution in [1.82, 2.24) is 5.32 Å². The van der Waals surface area contributed by atoms with Crippen molar-refractivity contribution in [2.45, 2.75) is 39.2 Å². The monoisotopic (exact) mass is 215 g/mol. The zero-order valence-corrected chi connectivity index (χ0v) is 10.9. The lowest BCUT2D eigenvalue weighted by Gasteiger charge is -2.36. The quantitative estimate of drug-likeness (QED) is 0.774. The summed E-state index contributed by atoms with van der Waals surface area (Å²) in [6, 6.07) is 0.736. The second-order valence-electron chi connectivity index (χ2n) is 4.88. The van der Waals surface area contributed by atoms with E-state index < -0.39 is 0 Å². The molecule has 84 valence electrons. The highest BCUT2D eigenvalue weighted by atomic mass is 32.2. The fourth-order valence-electron chi connectivity index (χ4n) is 2.59. The summed E-state index contributed by atoms with van der Waals surface area (Å²) in [5, 5.41) is 3.49. The third-order valence-corrected chi connectivity index (χ3v) is 4.62. The van der Waals surface area contributed by atoms with Gasteiger partial charge in [-0.25, -0.2) is 0 Å². The van der Waals surface area contributed by atoms with Gasteiger partial charge >= 0.3 is 0 Å². The third kappa shape index (κ3) is 3.16. The second kappa shape index (κ2) is 6.02. The average molecular weight is 215 g/mol. The molecule has 4 unspecified atom stereocenters. The summed E-state index contributed by atoms with van der Waals surface area (Å²) >= 11 is 1.97. The maximum absolute atomic E-state index is 3.49. The first-order valence-corrected chi connectivity index (χ1v) is 7.24. The maximum atomic E-state index is 3.49. The number of hydrogen-bond acceptors (Lipinski definition) is 2. The van der Waals surface area contributed by atoms with Crippen LogP contribution in [0.5, 0.6) is 0 Å². The summed E-state index contributed by atoms with van der Waals surface area (Å²) in [4.78, 5) is 0. The van der Waals surface area contributed by atoms with Gasteiger partial charge in [0.05, 0.1) is 0 Å². The van der Waals surface area contributed by atoms with Crippen LogP contribution < -0.4 is 5.32 Å². The van der Waals surface area contributed by atoms with E-state index in [0.717, 1.165) is 23.8 Å². The molecule has 2 heteroatoms. The van der Waals surface area contributed by atoms with Crippen LogP contribution in [-0.4, -0.2) is 25.1 Å². The molecule has 1 N–H and O–H groups in total. The zero-order chi connectivity index (χ0) is 10.6. The van der Waals surface area contributed by atoms with Gasteiger partial charge in [-0.05, 0) is 43.9 Å². The molecule has 0 saturated heterocycles. The smallest absolute Gasteiger partial charge is 0.0183 e. The lowest BCUT2D eigenvalue weighted by Crippen LogP contribution is -2.39. The molecule has 0 radical (unpaired) electrons. The highest BCUT2D eigenvalue weighted by molar-refractivity contribution is 7.98. The van der Waals surface area contributed by atoms with Crippen LogP contribution in [0.25, 0.3) is 0 Å². The first-order chi connectivity index (χ1) is 6.69. The molecule has 1 fully saturated rings. The van der Waals surface area contributed by atoms with Gasteiger partial charge in [0.25, 0.3) is 0 Å². The van der Waals surface area contributed by atoms with E-state index >= 15 is 0 Å². The third-order valence-electron chi connectivity index (χ3n) is 3.92. The predicted octanol–water partition coefficient (Wildman–Crippen LogP) is 3.01. The average Bonchev–Trinajstić information content (AvgIpc) is 2.19. The Morgan fingerprint density at radius 1 is 1.29 bits per heavy atom. The Morgan fingerprint density at radius 3 is 2.50 bits per heavy atom. The van der Waals surface area contributed by atoms with Gasteiger partial charge < -0.3 is 5.32 Å². The van der Waals surface area contributed by atoms with Crippen LogP contribution in [0.15, 0.2) is 0 Å². The Morgan fingerprint density at radius 2 is 2.00 bits per heavy atom. The van der Waals surface area contributed by atoms with E-state index in [0.29, 0.717) is 0 Å². The minimum atomic E-state index is 0.736. The summed E-state index contributed by atoms with van der Waals surface area (Å²) in [5.74, 6) is 4.05. The molecule has 0 heterocycles. The van der Waals surface area contributed by atoms with E-state index in [1.165, 1.54) is 25.0 Å². The normalized spacial score (nSPS) is 35.6. The molecule has 0 bridgehead atoms. The Hall–Kier alpha value is 0.310. The van der Waals surface area contributed by atoms with Crippen molar-refractivity contribution in [2.24, 2.45) is 17.8 Å². The molecular weight excluding hydrogens is 190 g/mol. The van der Waals surface area contributed by atoms with Crippen molar-refractivity contribution in [2.75, 3.05) is 19.1 Å². The van der Waals surface area contributed by atoms with Gasteiger partial charge in [-0.3, -0.25) is 0 Å². The van der Waals surface area contributed by atoms with Gasteiger partial charge in [0, 0.05) is 11.8 Å². The number of nitrogens with one attached hydrogen (secondary N) is 1. The highest BCUT2D eigenvalue weighted by Crippen LogP contribution is 2.35. The van der Waals surface area contributed by atoms with Crippen LogP contribution in [-0.2, 0) is 0 Å². The van der Waals surface area contributed by atoms with Crippen molar-refractivity contribution in [3.63, 3.8) is 0 Å². The predicted molar refractivity (Wildman–Crippen MR) is 66.9 cm³/mol. The van der Waals surface area contributed by atoms with Crippen molar-refractivity contribution in [3.8, 4) is 0 Å². The van der Waals surface area contributed by atoms with E-state index in [2.05, 4.69) is 32.5 Å². The molecule has 14 heavy (non-hydrogen) atoms. The lowest BCUT2D eigenvalue weighted by molar-refractivity contribution is 0.182. The van der Waals surface area contributed by atoms with Gasteiger partial charge in [-0.2, -0.15) is 11.8 Å². The number of thioether (sulfide) groups is 1. The van der Waals surface area contributed by atoms with Crippen LogP contribution in [0.1, 0.15) is 33.1 Å². The van der Waals surface area contributed by atoms with Crippen molar-refractivity contribution < 1.29 is 0 Å². The largest absolute Gasteiger partial charge is 0.316 e. The van der Waals surface area contributed by atoms with Gasteiger partial charge in [-0.15, -0.1) is 0 Å². The minimum Gasteiger partial charge on any atom is -0.316 e. The SMILES string of the molecule is CNC(CSC)C1CCC(C)C(C)C1. The fraction of sp³-hybridized carbons (Fsp3) is 1.00. The summed E-state index contributed by atoms with van der Waals surface area (Å²) in [6.45, 7) is 4.83. The highest BCUT2D eigenvalue weighted by Gasteiger charge is 2.28. The van der Waals surface area contributed by atoms with Crippen LogP contribution in [0.2, 0.25) is 0 Å². The fourth-order valence-corrected chi connectivity index (χ4v) is 3.39. The second-order valence-corrected chi connectivity index (χ2v) is 5.79. The Labute approximate surface area is 93.4 Å². The molecule has 1 aliphatic rings. The van der Waals surface area contributed by atoms with E-state index in [9.17, 15) is 0 Å². The molecule has 0 amide bonds. The minimum absolute atomic E-state index is 0.736. The summed E-state index contributed by atoms with van der Waals surface area (Å²) in [7, 11) is 2.11.